The molecule has 0 unspecified atom stereocenters. The molecule has 0 radical (unpaired) electrons. The number of carbonyl (C=O) groups is 1. The summed E-state index contributed by atoms with van der Waals surface area (Å²) in [4.78, 5) is 15.6. The highest BCUT2D eigenvalue weighted by Gasteiger charge is 2.23. The standard InChI is InChI=1S/C15H21NO3/c1-2-3-6-11-9-10-16-14(13(11)15(17)18)19-12-7-4-5-8-12/h9-10,12H,2-8H2,1H3,(H,17,18). The number of unbranched alkanes of at least 4 members (excludes halogenated alkanes) is 1. The van der Waals surface area contributed by atoms with Gasteiger partial charge in [0.2, 0.25) is 5.88 Å². The van der Waals surface area contributed by atoms with Crippen LogP contribution in [0.25, 0.3) is 0 Å². The number of ether oxygens (including phenoxy) is 1. The minimum absolute atomic E-state index is 0.132. The number of hydrogen-bond donors (Lipinski definition) is 1. The lowest BCUT2D eigenvalue weighted by Crippen LogP contribution is -2.16. The monoisotopic (exact) mass is 263 g/mol. The topological polar surface area (TPSA) is 59.4 Å². The molecule has 1 saturated carbocycles. The van der Waals surface area contributed by atoms with Gasteiger partial charge in [-0.1, -0.05) is 13.3 Å². The third kappa shape index (κ3) is 3.46. The van der Waals surface area contributed by atoms with Gasteiger partial charge in [0.25, 0.3) is 0 Å². The predicted octanol–water partition coefficient (Wildman–Crippen LogP) is 3.44. The second kappa shape index (κ2) is 6.55. The van der Waals surface area contributed by atoms with Crippen molar-refractivity contribution in [2.24, 2.45) is 0 Å². The van der Waals surface area contributed by atoms with E-state index < -0.39 is 5.97 Å². The van der Waals surface area contributed by atoms with Crippen molar-refractivity contribution in [3.8, 4) is 5.88 Å². The van der Waals surface area contributed by atoms with Gasteiger partial charge in [0.05, 0.1) is 0 Å². The highest BCUT2D eigenvalue weighted by atomic mass is 16.5. The Morgan fingerprint density at radius 2 is 2.21 bits per heavy atom. The molecule has 1 aliphatic carbocycles. The van der Waals surface area contributed by atoms with Gasteiger partial charge in [-0.25, -0.2) is 9.78 Å². The molecule has 0 aromatic carbocycles. The lowest BCUT2D eigenvalue weighted by atomic mass is 10.0. The summed E-state index contributed by atoms with van der Waals surface area (Å²) in [5, 5.41) is 9.40. The molecule has 0 spiro atoms. The van der Waals surface area contributed by atoms with Crippen LogP contribution < -0.4 is 4.74 Å². The van der Waals surface area contributed by atoms with E-state index in [-0.39, 0.29) is 11.7 Å². The molecular weight excluding hydrogens is 242 g/mol. The van der Waals surface area contributed by atoms with Crippen LogP contribution in [0.2, 0.25) is 0 Å². The summed E-state index contributed by atoms with van der Waals surface area (Å²) >= 11 is 0. The quantitative estimate of drug-likeness (QED) is 0.854. The van der Waals surface area contributed by atoms with Gasteiger partial charge in [-0.05, 0) is 50.2 Å². The molecule has 1 aromatic heterocycles. The van der Waals surface area contributed by atoms with Gasteiger partial charge in [0, 0.05) is 6.20 Å². The van der Waals surface area contributed by atoms with Crippen molar-refractivity contribution in [1.29, 1.82) is 0 Å². The van der Waals surface area contributed by atoms with Crippen molar-refractivity contribution in [1.82, 2.24) is 4.98 Å². The fourth-order valence-electron chi connectivity index (χ4n) is 2.54. The number of hydrogen-bond acceptors (Lipinski definition) is 3. The van der Waals surface area contributed by atoms with E-state index in [9.17, 15) is 9.90 Å². The van der Waals surface area contributed by atoms with Crippen molar-refractivity contribution in [3.05, 3.63) is 23.4 Å². The van der Waals surface area contributed by atoms with E-state index in [1.165, 1.54) is 0 Å². The van der Waals surface area contributed by atoms with Gasteiger partial charge < -0.3 is 9.84 Å². The van der Waals surface area contributed by atoms with Gasteiger partial charge >= 0.3 is 5.97 Å². The van der Waals surface area contributed by atoms with E-state index in [0.29, 0.717) is 5.88 Å². The number of aromatic nitrogens is 1. The molecule has 104 valence electrons. The molecule has 0 saturated heterocycles. The van der Waals surface area contributed by atoms with E-state index in [1.807, 2.05) is 0 Å². The molecule has 1 fully saturated rings. The predicted molar refractivity (Wildman–Crippen MR) is 72.7 cm³/mol. The number of rotatable bonds is 6. The summed E-state index contributed by atoms with van der Waals surface area (Å²) in [5.74, 6) is -0.639. The average molecular weight is 263 g/mol. The second-order valence-corrected chi connectivity index (χ2v) is 5.08. The van der Waals surface area contributed by atoms with E-state index in [4.69, 9.17) is 4.74 Å². The Morgan fingerprint density at radius 3 is 2.84 bits per heavy atom. The minimum Gasteiger partial charge on any atom is -0.477 e. The maximum absolute atomic E-state index is 11.5. The molecule has 2 rings (SSSR count). The maximum atomic E-state index is 11.5. The normalized spacial score (nSPS) is 15.6. The van der Waals surface area contributed by atoms with Crippen LogP contribution in [0.3, 0.4) is 0 Å². The van der Waals surface area contributed by atoms with Crippen LogP contribution in [0.1, 0.15) is 61.4 Å². The van der Waals surface area contributed by atoms with Crippen LogP contribution >= 0.6 is 0 Å². The maximum Gasteiger partial charge on any atom is 0.341 e. The van der Waals surface area contributed by atoms with E-state index in [2.05, 4.69) is 11.9 Å². The molecule has 4 nitrogen and oxygen atoms in total. The Hall–Kier alpha value is -1.58. The Bertz CT molecular complexity index is 439. The molecule has 1 heterocycles. The number of nitrogens with zero attached hydrogens (tertiary/aromatic N) is 1. The summed E-state index contributed by atoms with van der Waals surface area (Å²) in [6, 6.07) is 1.79. The Balaban J connectivity index is 2.22. The van der Waals surface area contributed by atoms with Gasteiger partial charge in [0.15, 0.2) is 0 Å². The molecule has 0 aliphatic heterocycles. The van der Waals surface area contributed by atoms with Crippen LogP contribution in [0.4, 0.5) is 0 Å². The SMILES string of the molecule is CCCCc1ccnc(OC2CCCC2)c1C(=O)O. The van der Waals surface area contributed by atoms with Crippen LogP contribution in [0.5, 0.6) is 5.88 Å². The Labute approximate surface area is 113 Å². The third-order valence-electron chi connectivity index (χ3n) is 3.60. The second-order valence-electron chi connectivity index (χ2n) is 5.08. The molecular formula is C15H21NO3. The Kier molecular flexibility index (Phi) is 4.77. The summed E-state index contributed by atoms with van der Waals surface area (Å²) < 4.78 is 5.80. The van der Waals surface area contributed by atoms with E-state index in [1.54, 1.807) is 12.3 Å². The first-order chi connectivity index (χ1) is 9.22. The summed E-state index contributed by atoms with van der Waals surface area (Å²) in [6.07, 6.45) is 8.88. The van der Waals surface area contributed by atoms with Crippen molar-refractivity contribution in [2.45, 2.75) is 58.0 Å². The largest absolute Gasteiger partial charge is 0.477 e. The molecule has 1 N–H and O–H groups in total. The van der Waals surface area contributed by atoms with Gasteiger partial charge in [-0.2, -0.15) is 0 Å². The zero-order chi connectivity index (χ0) is 13.7. The lowest BCUT2D eigenvalue weighted by Gasteiger charge is -2.15. The molecule has 1 aliphatic rings. The fourth-order valence-corrected chi connectivity index (χ4v) is 2.54. The average Bonchev–Trinajstić information content (AvgIpc) is 2.89. The molecule has 1 aromatic rings. The summed E-state index contributed by atoms with van der Waals surface area (Å²) in [7, 11) is 0. The summed E-state index contributed by atoms with van der Waals surface area (Å²) in [6.45, 7) is 2.09. The van der Waals surface area contributed by atoms with Crippen molar-refractivity contribution < 1.29 is 14.6 Å². The van der Waals surface area contributed by atoms with Gasteiger partial charge in [0.1, 0.15) is 11.7 Å². The van der Waals surface area contributed by atoms with Gasteiger partial charge in [-0.3, -0.25) is 0 Å². The fraction of sp³-hybridized carbons (Fsp3) is 0.600. The van der Waals surface area contributed by atoms with Crippen LogP contribution in [0.15, 0.2) is 12.3 Å². The highest BCUT2D eigenvalue weighted by Crippen LogP contribution is 2.27. The highest BCUT2D eigenvalue weighted by molar-refractivity contribution is 5.91. The van der Waals surface area contributed by atoms with Crippen LogP contribution in [0, 0.1) is 0 Å². The zero-order valence-electron chi connectivity index (χ0n) is 11.4. The Morgan fingerprint density at radius 1 is 1.47 bits per heavy atom. The van der Waals surface area contributed by atoms with Crippen molar-refractivity contribution in [3.63, 3.8) is 0 Å². The third-order valence-corrected chi connectivity index (χ3v) is 3.60. The lowest BCUT2D eigenvalue weighted by molar-refractivity contribution is 0.0686. The summed E-state index contributed by atoms with van der Waals surface area (Å²) in [5.41, 5.74) is 1.08. The van der Waals surface area contributed by atoms with Crippen molar-refractivity contribution >= 4 is 5.97 Å². The first kappa shape index (κ1) is 13.8. The smallest absolute Gasteiger partial charge is 0.341 e. The molecule has 0 amide bonds. The zero-order valence-corrected chi connectivity index (χ0v) is 11.4. The minimum atomic E-state index is -0.938. The number of aryl methyl sites for hydroxylation is 1. The molecule has 0 bridgehead atoms. The number of aromatic carboxylic acids is 1. The number of carboxylic acid groups (broad SMARTS) is 1. The molecule has 0 atom stereocenters. The number of pyridine rings is 1. The van der Waals surface area contributed by atoms with Crippen LogP contribution in [-0.4, -0.2) is 22.2 Å². The molecule has 4 heteroatoms. The first-order valence-electron chi connectivity index (χ1n) is 7.10. The number of carboxylic acids is 1. The van der Waals surface area contributed by atoms with E-state index in [0.717, 1.165) is 50.5 Å². The van der Waals surface area contributed by atoms with Crippen LogP contribution in [-0.2, 0) is 6.42 Å². The van der Waals surface area contributed by atoms with Gasteiger partial charge in [-0.15, -0.1) is 0 Å². The van der Waals surface area contributed by atoms with E-state index >= 15 is 0 Å². The van der Waals surface area contributed by atoms with Crippen molar-refractivity contribution in [2.75, 3.05) is 0 Å². The first-order valence-corrected chi connectivity index (χ1v) is 7.10. The molecule has 19 heavy (non-hydrogen) atoms.